The van der Waals surface area contributed by atoms with Crippen LogP contribution >= 0.6 is 0 Å². The molecule has 3 aromatic rings. The summed E-state index contributed by atoms with van der Waals surface area (Å²) in [6.07, 6.45) is -2.99. The predicted octanol–water partition coefficient (Wildman–Crippen LogP) is 4.04. The molecule has 0 atom stereocenters. The molecule has 0 radical (unpaired) electrons. The average molecular weight is 397 g/mol. The van der Waals surface area contributed by atoms with Crippen LogP contribution in [0, 0.1) is 11.3 Å². The number of pyridine rings is 1. The van der Waals surface area contributed by atoms with Gasteiger partial charge >= 0.3 is 6.18 Å². The minimum atomic E-state index is -4.44. The molecule has 0 aliphatic rings. The monoisotopic (exact) mass is 397 g/mol. The second-order valence-corrected chi connectivity index (χ2v) is 6.16. The van der Waals surface area contributed by atoms with E-state index in [0.29, 0.717) is 5.56 Å². The molecule has 2 aromatic carbocycles. The number of carbonyl (C=O) groups excluding carboxylic acids is 1. The van der Waals surface area contributed by atoms with Gasteiger partial charge in [0, 0.05) is 6.20 Å². The maximum Gasteiger partial charge on any atom is 0.416 e. The molecule has 1 amide bonds. The lowest BCUT2D eigenvalue weighted by Gasteiger charge is -2.11. The molecule has 0 unspecified atom stereocenters. The predicted molar refractivity (Wildman–Crippen MR) is 100 cm³/mol. The topological polar surface area (TPSA) is 74.9 Å². The molecule has 29 heavy (non-hydrogen) atoms. The number of amides is 1. The van der Waals surface area contributed by atoms with Crippen molar-refractivity contribution in [1.29, 1.82) is 5.26 Å². The van der Waals surface area contributed by atoms with Gasteiger partial charge in [0.15, 0.2) is 0 Å². The summed E-state index contributed by atoms with van der Waals surface area (Å²) < 4.78 is 39.2. The van der Waals surface area contributed by atoms with E-state index in [1.807, 2.05) is 6.07 Å². The summed E-state index contributed by atoms with van der Waals surface area (Å²) >= 11 is 0. The molecule has 0 aliphatic heterocycles. The molecule has 0 spiro atoms. The Morgan fingerprint density at radius 3 is 2.38 bits per heavy atom. The molecule has 3 rings (SSSR count). The summed E-state index contributed by atoms with van der Waals surface area (Å²) in [5.41, 5.74) is -0.517. The van der Waals surface area contributed by atoms with Crippen LogP contribution in [0.1, 0.15) is 27.0 Å². The number of hydrogen-bond acceptors (Lipinski definition) is 3. The van der Waals surface area contributed by atoms with Crippen LogP contribution in [0.4, 0.5) is 18.9 Å². The molecule has 1 N–H and O–H groups in total. The molecule has 0 aliphatic carbocycles. The standard InChI is InChI=1S/C21H14F3N3O2/c22-21(23,24)16-9-7-14(8-10-16)13-27-11-3-5-17(20(27)29)19(28)26-18-6-2-1-4-15(18)12-25/h1-11H,13H2,(H,26,28). The fraction of sp³-hybridized carbons (Fsp3) is 0.0952. The Kier molecular flexibility index (Phi) is 5.50. The van der Waals surface area contributed by atoms with Crippen LogP contribution < -0.4 is 10.9 Å². The number of para-hydroxylation sites is 1. The molecule has 0 saturated heterocycles. The Morgan fingerprint density at radius 1 is 1.03 bits per heavy atom. The van der Waals surface area contributed by atoms with Crippen LogP contribution in [0.2, 0.25) is 0 Å². The zero-order valence-corrected chi connectivity index (χ0v) is 14.9. The van der Waals surface area contributed by atoms with E-state index in [-0.39, 0.29) is 23.4 Å². The number of aromatic nitrogens is 1. The first kappa shape index (κ1) is 19.9. The van der Waals surface area contributed by atoms with Gasteiger partial charge in [-0.3, -0.25) is 9.59 Å². The third kappa shape index (κ3) is 4.52. The summed E-state index contributed by atoms with van der Waals surface area (Å²) in [6, 6.07) is 15.6. The maximum atomic E-state index is 12.7. The fourth-order valence-corrected chi connectivity index (χ4v) is 2.71. The van der Waals surface area contributed by atoms with Crippen LogP contribution in [0.25, 0.3) is 0 Å². The van der Waals surface area contributed by atoms with Crippen LogP contribution in [-0.4, -0.2) is 10.5 Å². The Hall–Kier alpha value is -3.86. The highest BCUT2D eigenvalue weighted by atomic mass is 19.4. The maximum absolute atomic E-state index is 12.7. The third-order valence-corrected chi connectivity index (χ3v) is 4.19. The van der Waals surface area contributed by atoms with E-state index in [9.17, 15) is 22.8 Å². The van der Waals surface area contributed by atoms with Gasteiger partial charge in [0.25, 0.3) is 11.5 Å². The van der Waals surface area contributed by atoms with Crippen LogP contribution in [-0.2, 0) is 12.7 Å². The summed E-state index contributed by atoms with van der Waals surface area (Å²) in [5, 5.41) is 11.6. The molecule has 146 valence electrons. The van der Waals surface area contributed by atoms with Crippen LogP contribution in [0.15, 0.2) is 71.7 Å². The number of nitrogens with zero attached hydrogens (tertiary/aromatic N) is 2. The molecular formula is C21H14F3N3O2. The van der Waals surface area contributed by atoms with Crippen molar-refractivity contribution >= 4 is 11.6 Å². The first-order chi connectivity index (χ1) is 13.8. The van der Waals surface area contributed by atoms with Crippen molar-refractivity contribution in [3.8, 4) is 6.07 Å². The van der Waals surface area contributed by atoms with Crippen molar-refractivity contribution in [2.24, 2.45) is 0 Å². The quantitative estimate of drug-likeness (QED) is 0.722. The van der Waals surface area contributed by atoms with E-state index >= 15 is 0 Å². The fourth-order valence-electron chi connectivity index (χ4n) is 2.71. The van der Waals surface area contributed by atoms with Crippen molar-refractivity contribution in [2.75, 3.05) is 5.32 Å². The van der Waals surface area contributed by atoms with Crippen LogP contribution in [0.5, 0.6) is 0 Å². The molecule has 0 saturated carbocycles. The van der Waals surface area contributed by atoms with Gasteiger partial charge in [-0.1, -0.05) is 24.3 Å². The SMILES string of the molecule is N#Cc1ccccc1NC(=O)c1cccn(Cc2ccc(C(F)(F)F)cc2)c1=O. The lowest BCUT2D eigenvalue weighted by atomic mass is 10.1. The van der Waals surface area contributed by atoms with E-state index < -0.39 is 23.2 Å². The smallest absolute Gasteiger partial charge is 0.321 e. The second-order valence-electron chi connectivity index (χ2n) is 6.16. The summed E-state index contributed by atoms with van der Waals surface area (Å²) in [7, 11) is 0. The van der Waals surface area contributed by atoms with Crippen LogP contribution in [0.3, 0.4) is 0 Å². The largest absolute Gasteiger partial charge is 0.416 e. The molecule has 1 heterocycles. The minimum Gasteiger partial charge on any atom is -0.321 e. The highest BCUT2D eigenvalue weighted by Gasteiger charge is 2.29. The number of alkyl halides is 3. The normalized spacial score (nSPS) is 11.0. The average Bonchev–Trinajstić information content (AvgIpc) is 2.69. The Morgan fingerprint density at radius 2 is 1.72 bits per heavy atom. The number of benzene rings is 2. The third-order valence-electron chi connectivity index (χ3n) is 4.19. The van der Waals surface area contributed by atoms with Gasteiger partial charge in [0.05, 0.1) is 23.4 Å². The first-order valence-electron chi connectivity index (χ1n) is 8.45. The number of nitrogens with one attached hydrogen (secondary N) is 1. The van der Waals surface area contributed by atoms with Gasteiger partial charge in [-0.05, 0) is 42.0 Å². The van der Waals surface area contributed by atoms with Gasteiger partial charge < -0.3 is 9.88 Å². The molecule has 0 bridgehead atoms. The highest BCUT2D eigenvalue weighted by Crippen LogP contribution is 2.29. The zero-order valence-electron chi connectivity index (χ0n) is 14.9. The Bertz CT molecular complexity index is 1140. The summed E-state index contributed by atoms with van der Waals surface area (Å²) in [6.45, 7) is 0.00682. The van der Waals surface area contributed by atoms with Crippen molar-refractivity contribution < 1.29 is 18.0 Å². The summed E-state index contributed by atoms with van der Waals surface area (Å²) in [4.78, 5) is 25.1. The van der Waals surface area contributed by atoms with Crippen molar-refractivity contribution in [3.05, 3.63) is 99.5 Å². The Labute approximate surface area is 163 Å². The first-order valence-corrected chi connectivity index (χ1v) is 8.45. The highest BCUT2D eigenvalue weighted by molar-refractivity contribution is 6.04. The zero-order chi connectivity index (χ0) is 21.0. The number of hydrogen-bond donors (Lipinski definition) is 1. The van der Waals surface area contributed by atoms with E-state index in [0.717, 1.165) is 12.1 Å². The van der Waals surface area contributed by atoms with Gasteiger partial charge in [-0.25, -0.2) is 0 Å². The van der Waals surface area contributed by atoms with Gasteiger partial charge in [0.1, 0.15) is 11.6 Å². The molecular weight excluding hydrogens is 383 g/mol. The van der Waals surface area contributed by atoms with E-state index in [4.69, 9.17) is 5.26 Å². The minimum absolute atomic E-state index is 0.00682. The number of halogens is 3. The molecule has 8 heteroatoms. The van der Waals surface area contributed by atoms with Gasteiger partial charge in [0.2, 0.25) is 0 Å². The van der Waals surface area contributed by atoms with Gasteiger partial charge in [-0.15, -0.1) is 0 Å². The lowest BCUT2D eigenvalue weighted by Crippen LogP contribution is -2.29. The Balaban J connectivity index is 1.83. The second kappa shape index (κ2) is 8.02. The number of rotatable bonds is 4. The summed E-state index contributed by atoms with van der Waals surface area (Å²) in [5.74, 6) is -0.681. The van der Waals surface area contributed by atoms with E-state index in [2.05, 4.69) is 5.32 Å². The van der Waals surface area contributed by atoms with E-state index in [1.54, 1.807) is 18.2 Å². The van der Waals surface area contributed by atoms with Crippen molar-refractivity contribution in [3.63, 3.8) is 0 Å². The van der Waals surface area contributed by atoms with Crippen molar-refractivity contribution in [1.82, 2.24) is 4.57 Å². The van der Waals surface area contributed by atoms with E-state index in [1.165, 1.54) is 41.1 Å². The molecule has 1 aromatic heterocycles. The number of anilines is 1. The van der Waals surface area contributed by atoms with Gasteiger partial charge in [-0.2, -0.15) is 18.4 Å². The lowest BCUT2D eigenvalue weighted by molar-refractivity contribution is -0.137. The van der Waals surface area contributed by atoms with Crippen molar-refractivity contribution in [2.45, 2.75) is 12.7 Å². The molecule has 0 fully saturated rings. The number of carbonyl (C=O) groups is 1. The number of nitriles is 1. The molecule has 5 nitrogen and oxygen atoms in total.